The first-order chi connectivity index (χ1) is 18.2. The van der Waals surface area contributed by atoms with Crippen molar-refractivity contribution >= 4 is 27.7 Å². The standard InChI is InChI=1S/C28H35ClFN3O4S/c1-20-17-31(18-21-8-9-21)14-15-32(20)28(34)37-19-25-6-3-7-27(22-4-2-5-24(30)16-22)33(25)38(35,36)26-12-10-23(29)11-13-26/h2,4-5,10-13,16,20-21,25,27H,3,6-9,14-15,17-19H2,1H3/t20?,25-,27+/m1/s1. The highest BCUT2D eigenvalue weighted by Gasteiger charge is 2.42. The van der Waals surface area contributed by atoms with E-state index in [1.54, 1.807) is 17.0 Å². The number of benzene rings is 2. The maximum atomic E-state index is 14.1. The molecule has 3 fully saturated rings. The van der Waals surface area contributed by atoms with Crippen LogP contribution in [-0.2, 0) is 14.8 Å². The van der Waals surface area contributed by atoms with Crippen LogP contribution in [0.3, 0.4) is 0 Å². The quantitative estimate of drug-likeness (QED) is 0.456. The number of hydrogen-bond donors (Lipinski definition) is 0. The molecule has 38 heavy (non-hydrogen) atoms. The van der Waals surface area contributed by atoms with E-state index >= 15 is 0 Å². The minimum absolute atomic E-state index is 0.0234. The van der Waals surface area contributed by atoms with Gasteiger partial charge in [0.2, 0.25) is 10.0 Å². The summed E-state index contributed by atoms with van der Waals surface area (Å²) in [5.74, 6) is 0.376. The van der Waals surface area contributed by atoms with Crippen LogP contribution in [-0.4, -0.2) is 73.5 Å². The van der Waals surface area contributed by atoms with E-state index in [2.05, 4.69) is 4.90 Å². The summed E-state index contributed by atoms with van der Waals surface area (Å²) in [6.07, 6.45) is 3.98. The molecule has 2 aromatic carbocycles. The fourth-order valence-corrected chi connectivity index (χ4v) is 7.69. The molecule has 3 aliphatic rings. The number of carbonyl (C=O) groups excluding carboxylic acids is 1. The first kappa shape index (κ1) is 27.4. The van der Waals surface area contributed by atoms with Crippen molar-refractivity contribution in [1.29, 1.82) is 0 Å². The Balaban J connectivity index is 1.34. The summed E-state index contributed by atoms with van der Waals surface area (Å²) in [6.45, 7) is 5.28. The molecule has 5 rings (SSSR count). The third-order valence-corrected chi connectivity index (χ3v) is 10.1. The fraction of sp³-hybridized carbons (Fsp3) is 0.536. The zero-order chi connectivity index (χ0) is 26.9. The number of rotatable bonds is 7. The van der Waals surface area contributed by atoms with E-state index < -0.39 is 34.0 Å². The third-order valence-electron chi connectivity index (χ3n) is 7.86. The second-order valence-corrected chi connectivity index (χ2v) is 13.0. The molecule has 2 heterocycles. The van der Waals surface area contributed by atoms with Crippen LogP contribution in [0.1, 0.15) is 50.6 Å². The second kappa shape index (κ2) is 11.5. The molecule has 0 spiro atoms. The van der Waals surface area contributed by atoms with Gasteiger partial charge in [-0.05, 0) is 86.9 Å². The molecule has 1 saturated carbocycles. The number of sulfonamides is 1. The van der Waals surface area contributed by atoms with Crippen LogP contribution in [0.5, 0.6) is 0 Å². The predicted octanol–water partition coefficient (Wildman–Crippen LogP) is 5.32. The highest BCUT2D eigenvalue weighted by Crippen LogP contribution is 2.39. The number of carbonyl (C=O) groups is 1. The van der Waals surface area contributed by atoms with Crippen LogP contribution in [0.2, 0.25) is 5.02 Å². The molecule has 2 aromatic rings. The molecule has 2 aliphatic heterocycles. The minimum Gasteiger partial charge on any atom is -0.448 e. The van der Waals surface area contributed by atoms with Crippen molar-refractivity contribution in [1.82, 2.24) is 14.1 Å². The molecule has 7 nitrogen and oxygen atoms in total. The van der Waals surface area contributed by atoms with Crippen LogP contribution in [0.4, 0.5) is 9.18 Å². The Morgan fingerprint density at radius 1 is 1.08 bits per heavy atom. The summed E-state index contributed by atoms with van der Waals surface area (Å²) in [6, 6.07) is 10.9. The van der Waals surface area contributed by atoms with Crippen LogP contribution in [0.15, 0.2) is 53.4 Å². The van der Waals surface area contributed by atoms with Gasteiger partial charge >= 0.3 is 6.09 Å². The summed E-state index contributed by atoms with van der Waals surface area (Å²) < 4.78 is 49.2. The van der Waals surface area contributed by atoms with Gasteiger partial charge in [-0.15, -0.1) is 0 Å². The van der Waals surface area contributed by atoms with Gasteiger partial charge in [-0.3, -0.25) is 4.90 Å². The predicted molar refractivity (Wildman–Crippen MR) is 144 cm³/mol. The fourth-order valence-electron chi connectivity index (χ4n) is 5.72. The monoisotopic (exact) mass is 563 g/mol. The molecule has 0 radical (unpaired) electrons. The lowest BCUT2D eigenvalue weighted by Gasteiger charge is -2.42. The van der Waals surface area contributed by atoms with Gasteiger partial charge in [-0.2, -0.15) is 4.31 Å². The molecule has 2 saturated heterocycles. The Morgan fingerprint density at radius 2 is 1.84 bits per heavy atom. The van der Waals surface area contributed by atoms with Crippen molar-refractivity contribution in [3.8, 4) is 0 Å². The minimum atomic E-state index is -3.99. The molecule has 1 aliphatic carbocycles. The lowest BCUT2D eigenvalue weighted by molar-refractivity contribution is 0.0318. The molecule has 206 valence electrons. The summed E-state index contributed by atoms with van der Waals surface area (Å²) in [7, 11) is -3.99. The van der Waals surface area contributed by atoms with E-state index in [0.29, 0.717) is 30.0 Å². The first-order valence-corrected chi connectivity index (χ1v) is 15.2. The normalized spacial score (nSPS) is 25.3. The van der Waals surface area contributed by atoms with Crippen LogP contribution >= 0.6 is 11.6 Å². The average Bonchev–Trinajstić information content (AvgIpc) is 3.71. The van der Waals surface area contributed by atoms with Gasteiger partial charge < -0.3 is 9.64 Å². The van der Waals surface area contributed by atoms with Gasteiger partial charge in [0, 0.05) is 37.2 Å². The zero-order valence-corrected chi connectivity index (χ0v) is 23.2. The number of piperidine rings is 1. The highest BCUT2D eigenvalue weighted by atomic mass is 35.5. The van der Waals surface area contributed by atoms with E-state index in [1.165, 1.54) is 53.5 Å². The summed E-state index contributed by atoms with van der Waals surface area (Å²) in [5.41, 5.74) is 0.582. The zero-order valence-electron chi connectivity index (χ0n) is 21.6. The Bertz CT molecular complexity index is 1240. The van der Waals surface area contributed by atoms with Gasteiger partial charge in [-0.25, -0.2) is 17.6 Å². The number of amides is 1. The van der Waals surface area contributed by atoms with Crippen LogP contribution in [0.25, 0.3) is 0 Å². The molecular weight excluding hydrogens is 529 g/mol. The number of piperazine rings is 1. The van der Waals surface area contributed by atoms with Crippen LogP contribution < -0.4 is 0 Å². The van der Waals surface area contributed by atoms with Crippen molar-refractivity contribution in [2.75, 3.05) is 32.8 Å². The molecule has 0 aromatic heterocycles. The maximum Gasteiger partial charge on any atom is 0.410 e. The van der Waals surface area contributed by atoms with E-state index in [0.717, 1.165) is 32.0 Å². The summed E-state index contributed by atoms with van der Waals surface area (Å²) in [4.78, 5) is 17.4. The summed E-state index contributed by atoms with van der Waals surface area (Å²) in [5, 5.41) is 0.432. The van der Waals surface area contributed by atoms with E-state index in [-0.39, 0.29) is 17.5 Å². The van der Waals surface area contributed by atoms with Crippen molar-refractivity contribution in [2.45, 2.75) is 62.0 Å². The molecule has 10 heteroatoms. The van der Waals surface area contributed by atoms with E-state index in [1.807, 2.05) is 6.92 Å². The van der Waals surface area contributed by atoms with Crippen molar-refractivity contribution in [2.24, 2.45) is 5.92 Å². The van der Waals surface area contributed by atoms with Crippen molar-refractivity contribution in [3.63, 3.8) is 0 Å². The summed E-state index contributed by atoms with van der Waals surface area (Å²) >= 11 is 6.01. The SMILES string of the molecule is CC1CN(CC2CC2)CCN1C(=O)OC[C@H]1CCC[C@@H](c2cccc(F)c2)N1S(=O)(=O)c1ccc(Cl)cc1. The van der Waals surface area contributed by atoms with E-state index in [9.17, 15) is 17.6 Å². The maximum absolute atomic E-state index is 14.1. The molecule has 1 amide bonds. The topological polar surface area (TPSA) is 70.2 Å². The molecule has 3 atom stereocenters. The smallest absolute Gasteiger partial charge is 0.410 e. The number of halogens is 2. The number of hydrogen-bond acceptors (Lipinski definition) is 5. The van der Waals surface area contributed by atoms with Crippen molar-refractivity contribution in [3.05, 3.63) is 64.9 Å². The van der Waals surface area contributed by atoms with Gasteiger partial charge in [0.15, 0.2) is 0 Å². The molecule has 1 unspecified atom stereocenters. The second-order valence-electron chi connectivity index (χ2n) is 10.8. The Hall–Kier alpha value is -2.20. The Morgan fingerprint density at radius 3 is 2.53 bits per heavy atom. The molecule has 0 N–H and O–H groups in total. The van der Waals surface area contributed by atoms with Crippen LogP contribution in [0, 0.1) is 11.7 Å². The van der Waals surface area contributed by atoms with Crippen molar-refractivity contribution < 1.29 is 22.3 Å². The molecule has 0 bridgehead atoms. The highest BCUT2D eigenvalue weighted by molar-refractivity contribution is 7.89. The van der Waals surface area contributed by atoms with Gasteiger partial charge in [0.05, 0.1) is 17.0 Å². The number of nitrogens with zero attached hydrogens (tertiary/aromatic N) is 3. The van der Waals surface area contributed by atoms with Gasteiger partial charge in [0.1, 0.15) is 12.4 Å². The number of ether oxygens (including phenoxy) is 1. The average molecular weight is 564 g/mol. The Labute approximate surface area is 229 Å². The largest absolute Gasteiger partial charge is 0.448 e. The van der Waals surface area contributed by atoms with Gasteiger partial charge in [-0.1, -0.05) is 23.7 Å². The van der Waals surface area contributed by atoms with Gasteiger partial charge in [0.25, 0.3) is 0 Å². The first-order valence-electron chi connectivity index (χ1n) is 13.4. The lowest BCUT2D eigenvalue weighted by atomic mass is 9.93. The van der Waals surface area contributed by atoms with E-state index in [4.69, 9.17) is 16.3 Å². The lowest BCUT2D eigenvalue weighted by Crippen LogP contribution is -2.55. The molecular formula is C28H35ClFN3O4S. The Kier molecular flexibility index (Phi) is 8.28. The third kappa shape index (κ3) is 6.17.